The van der Waals surface area contributed by atoms with Crippen LogP contribution in [-0.4, -0.2) is 19.6 Å². The lowest BCUT2D eigenvalue weighted by atomic mass is 9.84. The molecule has 0 radical (unpaired) electrons. The standard InChI is InChI=1S/C13H19NO2/c1-13(2,12(15)16-3)11-6-4-10(5-7-11)8-9-14/h4-7H,8-9,14H2,1-3H3. The molecule has 2 N–H and O–H groups in total. The van der Waals surface area contributed by atoms with E-state index in [9.17, 15) is 4.79 Å². The quantitative estimate of drug-likeness (QED) is 0.786. The van der Waals surface area contributed by atoms with Crippen molar-refractivity contribution in [1.29, 1.82) is 0 Å². The number of hydrogen-bond donors (Lipinski definition) is 1. The van der Waals surface area contributed by atoms with Crippen molar-refractivity contribution in [3.05, 3.63) is 35.4 Å². The van der Waals surface area contributed by atoms with Gasteiger partial charge >= 0.3 is 5.97 Å². The number of esters is 1. The van der Waals surface area contributed by atoms with Gasteiger partial charge in [0.1, 0.15) is 0 Å². The zero-order valence-corrected chi connectivity index (χ0v) is 10.1. The van der Waals surface area contributed by atoms with Gasteiger partial charge in [0.25, 0.3) is 0 Å². The second-order valence-electron chi connectivity index (χ2n) is 4.35. The van der Waals surface area contributed by atoms with Crippen molar-refractivity contribution in [1.82, 2.24) is 0 Å². The molecule has 0 aliphatic heterocycles. The van der Waals surface area contributed by atoms with Gasteiger partial charge in [-0.2, -0.15) is 0 Å². The maximum Gasteiger partial charge on any atom is 0.315 e. The predicted molar refractivity (Wildman–Crippen MR) is 64.2 cm³/mol. The smallest absolute Gasteiger partial charge is 0.315 e. The number of methoxy groups -OCH3 is 1. The van der Waals surface area contributed by atoms with Gasteiger partial charge in [-0.05, 0) is 37.9 Å². The SMILES string of the molecule is COC(=O)C(C)(C)c1ccc(CCN)cc1. The van der Waals surface area contributed by atoms with Crippen LogP contribution in [0.3, 0.4) is 0 Å². The van der Waals surface area contributed by atoms with E-state index in [-0.39, 0.29) is 5.97 Å². The topological polar surface area (TPSA) is 52.3 Å². The van der Waals surface area contributed by atoms with E-state index in [1.54, 1.807) is 0 Å². The maximum atomic E-state index is 11.6. The van der Waals surface area contributed by atoms with Crippen LogP contribution < -0.4 is 5.73 Å². The second kappa shape index (κ2) is 5.12. The van der Waals surface area contributed by atoms with E-state index in [1.165, 1.54) is 12.7 Å². The minimum atomic E-state index is -0.601. The molecule has 88 valence electrons. The third kappa shape index (κ3) is 2.61. The minimum absolute atomic E-state index is 0.223. The normalized spacial score (nSPS) is 11.2. The summed E-state index contributed by atoms with van der Waals surface area (Å²) in [5.74, 6) is -0.223. The van der Waals surface area contributed by atoms with Gasteiger partial charge in [0.2, 0.25) is 0 Å². The summed E-state index contributed by atoms with van der Waals surface area (Å²) in [5.41, 5.74) is 7.02. The third-order valence-electron chi connectivity index (χ3n) is 2.80. The van der Waals surface area contributed by atoms with Gasteiger partial charge < -0.3 is 10.5 Å². The van der Waals surface area contributed by atoms with E-state index in [0.29, 0.717) is 6.54 Å². The highest BCUT2D eigenvalue weighted by atomic mass is 16.5. The predicted octanol–water partition coefficient (Wildman–Crippen LogP) is 1.64. The Kier molecular flexibility index (Phi) is 4.07. The highest BCUT2D eigenvalue weighted by Gasteiger charge is 2.30. The molecule has 0 saturated carbocycles. The first kappa shape index (κ1) is 12.7. The molecule has 1 aromatic carbocycles. The zero-order chi connectivity index (χ0) is 12.2. The lowest BCUT2D eigenvalue weighted by Gasteiger charge is -2.22. The van der Waals surface area contributed by atoms with Gasteiger partial charge in [-0.25, -0.2) is 0 Å². The van der Waals surface area contributed by atoms with E-state index in [2.05, 4.69) is 0 Å². The molecule has 0 spiro atoms. The summed E-state index contributed by atoms with van der Waals surface area (Å²) in [6.07, 6.45) is 0.860. The van der Waals surface area contributed by atoms with Crippen LogP contribution >= 0.6 is 0 Å². The van der Waals surface area contributed by atoms with Crippen LogP contribution in [0.2, 0.25) is 0 Å². The Balaban J connectivity index is 2.92. The fraction of sp³-hybridized carbons (Fsp3) is 0.462. The first-order valence-corrected chi connectivity index (χ1v) is 5.40. The van der Waals surface area contributed by atoms with Crippen molar-refractivity contribution < 1.29 is 9.53 Å². The fourth-order valence-corrected chi connectivity index (χ4v) is 1.63. The Morgan fingerprint density at radius 1 is 1.31 bits per heavy atom. The Bertz CT molecular complexity index is 355. The molecule has 0 amide bonds. The van der Waals surface area contributed by atoms with Gasteiger partial charge in [0, 0.05) is 0 Å². The van der Waals surface area contributed by atoms with E-state index < -0.39 is 5.41 Å². The van der Waals surface area contributed by atoms with Gasteiger partial charge in [0.05, 0.1) is 12.5 Å². The number of carbonyl (C=O) groups excluding carboxylic acids is 1. The third-order valence-corrected chi connectivity index (χ3v) is 2.80. The highest BCUT2D eigenvalue weighted by molar-refractivity contribution is 5.82. The second-order valence-corrected chi connectivity index (χ2v) is 4.35. The van der Waals surface area contributed by atoms with E-state index in [0.717, 1.165) is 12.0 Å². The van der Waals surface area contributed by atoms with E-state index in [4.69, 9.17) is 10.5 Å². The molecule has 1 aromatic rings. The molecule has 1 rings (SSSR count). The zero-order valence-electron chi connectivity index (χ0n) is 10.1. The van der Waals surface area contributed by atoms with Gasteiger partial charge in [0.15, 0.2) is 0 Å². The first-order chi connectivity index (χ1) is 7.52. The largest absolute Gasteiger partial charge is 0.468 e. The Hall–Kier alpha value is -1.35. The van der Waals surface area contributed by atoms with Crippen LogP contribution in [0.15, 0.2) is 24.3 Å². The average Bonchev–Trinajstić information content (AvgIpc) is 2.29. The summed E-state index contributed by atoms with van der Waals surface area (Å²) in [6, 6.07) is 7.93. The van der Waals surface area contributed by atoms with Crippen LogP contribution in [0.4, 0.5) is 0 Å². The van der Waals surface area contributed by atoms with Gasteiger partial charge in [-0.1, -0.05) is 24.3 Å². The molecule has 0 saturated heterocycles. The summed E-state index contributed by atoms with van der Waals surface area (Å²) in [4.78, 5) is 11.6. The van der Waals surface area contributed by atoms with Crippen molar-refractivity contribution in [2.45, 2.75) is 25.7 Å². The van der Waals surface area contributed by atoms with Crippen molar-refractivity contribution in [3.8, 4) is 0 Å². The van der Waals surface area contributed by atoms with Crippen molar-refractivity contribution in [2.24, 2.45) is 5.73 Å². The molecule has 0 unspecified atom stereocenters. The molecule has 0 atom stereocenters. The summed E-state index contributed by atoms with van der Waals surface area (Å²) in [5, 5.41) is 0. The molecule has 16 heavy (non-hydrogen) atoms. The van der Waals surface area contributed by atoms with Gasteiger partial charge in [-0.15, -0.1) is 0 Å². The molecule has 3 nitrogen and oxygen atoms in total. The number of benzene rings is 1. The summed E-state index contributed by atoms with van der Waals surface area (Å²) in [7, 11) is 1.41. The first-order valence-electron chi connectivity index (χ1n) is 5.40. The Morgan fingerprint density at radius 3 is 2.31 bits per heavy atom. The van der Waals surface area contributed by atoms with Crippen molar-refractivity contribution in [2.75, 3.05) is 13.7 Å². The number of ether oxygens (including phenoxy) is 1. The number of carbonyl (C=O) groups is 1. The van der Waals surface area contributed by atoms with Crippen LogP contribution in [0.1, 0.15) is 25.0 Å². The summed E-state index contributed by atoms with van der Waals surface area (Å²) in [6.45, 7) is 4.35. The van der Waals surface area contributed by atoms with Gasteiger partial charge in [-0.3, -0.25) is 4.79 Å². The monoisotopic (exact) mass is 221 g/mol. The fourth-order valence-electron chi connectivity index (χ4n) is 1.63. The van der Waals surface area contributed by atoms with Crippen molar-refractivity contribution in [3.63, 3.8) is 0 Å². The molecule has 0 aliphatic rings. The molecule has 3 heteroatoms. The molecule has 0 fully saturated rings. The highest BCUT2D eigenvalue weighted by Crippen LogP contribution is 2.24. The Labute approximate surface area is 96.6 Å². The van der Waals surface area contributed by atoms with Crippen LogP contribution in [0.5, 0.6) is 0 Å². The average molecular weight is 221 g/mol. The van der Waals surface area contributed by atoms with Crippen LogP contribution in [0.25, 0.3) is 0 Å². The summed E-state index contributed by atoms with van der Waals surface area (Å²) < 4.78 is 4.79. The van der Waals surface area contributed by atoms with Crippen LogP contribution in [-0.2, 0) is 21.4 Å². The molecule has 0 heterocycles. The summed E-state index contributed by atoms with van der Waals surface area (Å²) >= 11 is 0. The molecular weight excluding hydrogens is 202 g/mol. The molecule has 0 aliphatic carbocycles. The molecular formula is C13H19NO2. The number of nitrogens with two attached hydrogens (primary N) is 1. The van der Waals surface area contributed by atoms with E-state index >= 15 is 0 Å². The molecule has 0 bridgehead atoms. The lowest BCUT2D eigenvalue weighted by molar-refractivity contribution is -0.146. The van der Waals surface area contributed by atoms with Crippen molar-refractivity contribution >= 4 is 5.97 Å². The number of rotatable bonds is 4. The maximum absolute atomic E-state index is 11.6. The minimum Gasteiger partial charge on any atom is -0.468 e. The Morgan fingerprint density at radius 2 is 1.88 bits per heavy atom. The van der Waals surface area contributed by atoms with E-state index in [1.807, 2.05) is 38.1 Å². The van der Waals surface area contributed by atoms with Crippen LogP contribution in [0, 0.1) is 0 Å². The number of hydrogen-bond acceptors (Lipinski definition) is 3. The molecule has 0 aromatic heterocycles. The lowest BCUT2D eigenvalue weighted by Crippen LogP contribution is -2.30.